The molecule has 0 fully saturated rings. The van der Waals surface area contributed by atoms with E-state index in [-0.39, 0.29) is 21.7 Å². The van der Waals surface area contributed by atoms with Gasteiger partial charge in [0.25, 0.3) is 0 Å². The molecule has 0 aromatic heterocycles. The van der Waals surface area contributed by atoms with Crippen molar-refractivity contribution in [1.29, 1.82) is 0 Å². The number of allylic oxidation sites excluding steroid dienone is 2. The Balaban J connectivity index is 1.36. The van der Waals surface area contributed by atoms with E-state index in [1.165, 1.54) is 25.7 Å². The van der Waals surface area contributed by atoms with Crippen LogP contribution >= 0.6 is 0 Å². The van der Waals surface area contributed by atoms with Gasteiger partial charge >= 0.3 is 301 Å². The van der Waals surface area contributed by atoms with Crippen molar-refractivity contribution < 1.29 is 20.6 Å². The Labute approximate surface area is 298 Å². The summed E-state index contributed by atoms with van der Waals surface area (Å²) in [5.41, 5.74) is 13.8. The molecule has 0 saturated heterocycles. The van der Waals surface area contributed by atoms with Crippen LogP contribution in [-0.2, 0) is 55.1 Å². The third kappa shape index (κ3) is 5.31. The van der Waals surface area contributed by atoms with Crippen molar-refractivity contribution >= 4 is 23.0 Å². The van der Waals surface area contributed by atoms with E-state index >= 15 is 0 Å². The van der Waals surface area contributed by atoms with Gasteiger partial charge in [-0.25, -0.2) is 0 Å². The summed E-state index contributed by atoms with van der Waals surface area (Å²) in [6, 6.07) is 34.4. The Morgan fingerprint density at radius 3 is 1.15 bits per heavy atom. The Morgan fingerprint density at radius 2 is 0.792 bits per heavy atom. The average Bonchev–Trinajstić information content (AvgIpc) is 3.68. The van der Waals surface area contributed by atoms with Gasteiger partial charge in [0, 0.05) is 0 Å². The molecule has 0 nitrogen and oxygen atoms in total. The Bertz CT molecular complexity index is 1830. The molecule has 0 atom stereocenters. The van der Waals surface area contributed by atoms with Crippen LogP contribution in [0.25, 0.3) is 6.66 Å². The Morgan fingerprint density at radius 1 is 0.458 bits per heavy atom. The summed E-state index contributed by atoms with van der Waals surface area (Å²) in [6.07, 6.45) is 12.7. The first-order chi connectivity index (χ1) is 22.8. The molecule has 48 heavy (non-hydrogen) atoms. The number of hydrogen-bond acceptors (Lipinski definition) is 0. The van der Waals surface area contributed by atoms with Crippen molar-refractivity contribution in [2.24, 2.45) is 0 Å². The third-order valence-corrected chi connectivity index (χ3v) is 41.7. The molecule has 2 heteroatoms. The molecule has 0 heterocycles. The zero-order valence-electron chi connectivity index (χ0n) is 30.6. The van der Waals surface area contributed by atoms with Crippen LogP contribution in [0.3, 0.4) is 0 Å². The molecule has 0 unspecified atom stereocenters. The third-order valence-electron chi connectivity index (χ3n) is 12.9. The summed E-state index contributed by atoms with van der Waals surface area (Å²) in [7, 11) is 0. The van der Waals surface area contributed by atoms with Gasteiger partial charge in [0.05, 0.1) is 0 Å². The molecule has 0 radical (unpaired) electrons. The maximum absolute atomic E-state index is 2.87. The van der Waals surface area contributed by atoms with Gasteiger partial charge in [-0.1, -0.05) is 0 Å². The molecular weight excluding hydrogens is 759 g/mol. The van der Waals surface area contributed by atoms with Gasteiger partial charge in [-0.3, -0.25) is 0 Å². The van der Waals surface area contributed by atoms with Gasteiger partial charge in [-0.05, 0) is 0 Å². The van der Waals surface area contributed by atoms with Crippen LogP contribution < -0.4 is 10.4 Å². The molecule has 4 aromatic rings. The van der Waals surface area contributed by atoms with Crippen molar-refractivity contribution in [2.45, 2.75) is 116 Å². The molecule has 0 aliphatic heterocycles. The van der Waals surface area contributed by atoms with Crippen LogP contribution in [0.1, 0.15) is 126 Å². The zero-order chi connectivity index (χ0) is 33.6. The van der Waals surface area contributed by atoms with Gasteiger partial charge in [0.15, 0.2) is 0 Å². The van der Waals surface area contributed by atoms with Crippen molar-refractivity contribution in [3.8, 4) is 0 Å². The fourth-order valence-corrected chi connectivity index (χ4v) is 42.1. The van der Waals surface area contributed by atoms with Gasteiger partial charge < -0.3 is 0 Å². The normalized spacial score (nSPS) is 20.7. The fourth-order valence-electron chi connectivity index (χ4n) is 9.58. The van der Waals surface area contributed by atoms with E-state index in [0.717, 1.165) is 12.8 Å². The van der Waals surface area contributed by atoms with Crippen LogP contribution in [0, 0.1) is 0 Å². The summed E-state index contributed by atoms with van der Waals surface area (Å²) >= 11 is -2.87. The van der Waals surface area contributed by atoms with Gasteiger partial charge in [-0.15, -0.1) is 0 Å². The van der Waals surface area contributed by atoms with Crippen LogP contribution in [0.15, 0.2) is 97.1 Å². The number of fused-ring (bicyclic) bond motifs is 4. The van der Waals surface area contributed by atoms with Crippen molar-refractivity contribution in [2.75, 3.05) is 0 Å². The van der Waals surface area contributed by atoms with E-state index in [9.17, 15) is 0 Å². The summed E-state index contributed by atoms with van der Waals surface area (Å²) in [6.45, 7) is 19.9. The van der Waals surface area contributed by atoms with Crippen LogP contribution in [0.5, 0.6) is 0 Å². The van der Waals surface area contributed by atoms with Crippen LogP contribution in [-0.4, -0.2) is 5.98 Å². The predicted molar refractivity (Wildman–Crippen MR) is 206 cm³/mol. The molecule has 0 spiro atoms. The fraction of sp³-hybridized carbons (Fsp3) is 0.391. The van der Waals surface area contributed by atoms with E-state index in [4.69, 9.17) is 0 Å². The first-order valence-electron chi connectivity index (χ1n) is 18.5. The first kappa shape index (κ1) is 32.6. The zero-order valence-corrected chi connectivity index (χ0v) is 35.3. The standard InChI is InChI=1S/2C17H21.C12H11Si.Hf/c2*1-16(2)8-9-17(3,4)15-11-13-7-5-6-12(13)10-14(15)16;1-3-7-11(8-4-1)13-12-9-5-2-6-10-12;/h2*5,10-11H,6,8-9H2,1-4H3;1-10,13H;. The van der Waals surface area contributed by atoms with E-state index < -0.39 is 26.6 Å². The van der Waals surface area contributed by atoms with E-state index in [1.807, 2.05) is 0 Å². The summed E-state index contributed by atoms with van der Waals surface area (Å²) in [4.78, 5) is 0. The molecule has 8 rings (SSSR count). The molecule has 0 amide bonds. The Hall–Kier alpha value is -2.55. The van der Waals surface area contributed by atoms with Crippen molar-refractivity contribution in [3.63, 3.8) is 0 Å². The summed E-state index contributed by atoms with van der Waals surface area (Å²) < 4.78 is 3.61. The Kier molecular flexibility index (Phi) is 7.81. The molecule has 4 aliphatic carbocycles. The second kappa shape index (κ2) is 11.5. The number of hydrogen-bond donors (Lipinski definition) is 0. The molecule has 0 N–H and O–H groups in total. The second-order valence-corrected chi connectivity index (χ2v) is 37.9. The van der Waals surface area contributed by atoms with Crippen LogP contribution in [0.4, 0.5) is 0 Å². The summed E-state index contributed by atoms with van der Waals surface area (Å²) in [5, 5.41) is 3.27. The van der Waals surface area contributed by atoms with E-state index in [2.05, 4.69) is 152 Å². The predicted octanol–water partition coefficient (Wildman–Crippen LogP) is 10.0. The van der Waals surface area contributed by atoms with Gasteiger partial charge in [0.2, 0.25) is 0 Å². The minimum absolute atomic E-state index is 0.214. The topological polar surface area (TPSA) is 0 Å². The van der Waals surface area contributed by atoms with E-state index in [0.29, 0.717) is 0 Å². The summed E-state index contributed by atoms with van der Waals surface area (Å²) in [5.74, 6) is -1.59. The average molecular weight is 813 g/mol. The maximum atomic E-state index is 2.74. The number of rotatable bonds is 5. The van der Waals surface area contributed by atoms with Gasteiger partial charge in [-0.2, -0.15) is 0 Å². The molecular formula is C46H53HfSi. The van der Waals surface area contributed by atoms with Gasteiger partial charge in [0.1, 0.15) is 0 Å². The second-order valence-electron chi connectivity index (χ2n) is 18.0. The van der Waals surface area contributed by atoms with Crippen LogP contribution in [0.2, 0.25) is 0 Å². The number of benzene rings is 4. The molecule has 245 valence electrons. The quantitative estimate of drug-likeness (QED) is 0.176. The SMILES string of the molecule is CC1(C)CCC(C)(C)c2cc3c(cc21)CC=[C]3[Hf]([C]1=CCc2cc3c(cc21)C(C)(C)CCC3(C)C)[SiH](c1ccccc1)c1ccccc1. The molecule has 0 saturated carbocycles. The molecule has 4 aliphatic rings. The molecule has 0 bridgehead atoms. The van der Waals surface area contributed by atoms with E-state index in [1.54, 1.807) is 61.5 Å². The first-order valence-corrected chi connectivity index (χ1v) is 30.1. The molecule has 4 aromatic carbocycles. The van der Waals surface area contributed by atoms with Crippen molar-refractivity contribution in [1.82, 2.24) is 0 Å². The monoisotopic (exact) mass is 813 g/mol. The van der Waals surface area contributed by atoms with Crippen molar-refractivity contribution in [3.05, 3.63) is 142 Å². The minimum atomic E-state index is -2.87.